The minimum Gasteiger partial charge on any atom is -0.312 e. The van der Waals surface area contributed by atoms with Crippen molar-refractivity contribution in [1.29, 1.82) is 0 Å². The zero-order chi connectivity index (χ0) is 13.0. The van der Waals surface area contributed by atoms with E-state index in [1.54, 1.807) is 0 Å². The van der Waals surface area contributed by atoms with Crippen LogP contribution in [0.2, 0.25) is 0 Å². The summed E-state index contributed by atoms with van der Waals surface area (Å²) in [4.78, 5) is 5.15. The second kappa shape index (κ2) is 6.88. The first-order chi connectivity index (χ1) is 8.70. The van der Waals surface area contributed by atoms with Crippen LogP contribution >= 0.6 is 0 Å². The van der Waals surface area contributed by atoms with Crippen LogP contribution in [-0.4, -0.2) is 61.7 Å². The predicted octanol–water partition coefficient (Wildman–Crippen LogP) is 1.93. The monoisotopic (exact) mass is 253 g/mol. The fraction of sp³-hybridized carbons (Fsp3) is 1.00. The van der Waals surface area contributed by atoms with E-state index in [4.69, 9.17) is 0 Å². The van der Waals surface area contributed by atoms with Crippen molar-refractivity contribution in [2.24, 2.45) is 0 Å². The number of nitrogens with one attached hydrogen (secondary N) is 1. The van der Waals surface area contributed by atoms with Gasteiger partial charge in [0.05, 0.1) is 0 Å². The molecule has 2 rings (SSSR count). The Hall–Kier alpha value is -0.120. The van der Waals surface area contributed by atoms with Gasteiger partial charge in [0.2, 0.25) is 0 Å². The Morgan fingerprint density at radius 3 is 2.72 bits per heavy atom. The highest BCUT2D eigenvalue weighted by molar-refractivity contribution is 4.87. The maximum atomic E-state index is 3.72. The highest BCUT2D eigenvalue weighted by Crippen LogP contribution is 2.21. The number of likely N-dealkylation sites (N-methyl/N-ethyl adjacent to an activating group) is 2. The maximum absolute atomic E-state index is 3.72. The highest BCUT2D eigenvalue weighted by Gasteiger charge is 2.27. The summed E-state index contributed by atoms with van der Waals surface area (Å²) in [7, 11) is 4.61. The Balaban J connectivity index is 1.82. The molecule has 0 bridgehead atoms. The van der Waals surface area contributed by atoms with Crippen LogP contribution in [0.25, 0.3) is 0 Å². The lowest BCUT2D eigenvalue weighted by atomic mass is 10.0. The second-order valence-electron chi connectivity index (χ2n) is 6.35. The lowest BCUT2D eigenvalue weighted by molar-refractivity contribution is 0.0933. The highest BCUT2D eigenvalue weighted by atomic mass is 15.2. The standard InChI is InChI=1S/C15H31N3/c1-4-6-14(11-16-13-8-9-13)18(3)15-7-5-10-17(2)12-15/h13-16H,4-12H2,1-3H3. The van der Waals surface area contributed by atoms with Gasteiger partial charge in [-0.1, -0.05) is 13.3 Å². The van der Waals surface area contributed by atoms with Crippen LogP contribution in [0.5, 0.6) is 0 Å². The summed E-state index contributed by atoms with van der Waals surface area (Å²) in [5.41, 5.74) is 0. The fourth-order valence-corrected chi connectivity index (χ4v) is 3.14. The van der Waals surface area contributed by atoms with Crippen molar-refractivity contribution in [3.05, 3.63) is 0 Å². The molecule has 0 radical (unpaired) electrons. The average molecular weight is 253 g/mol. The fourth-order valence-electron chi connectivity index (χ4n) is 3.14. The van der Waals surface area contributed by atoms with E-state index in [0.29, 0.717) is 0 Å². The van der Waals surface area contributed by atoms with E-state index < -0.39 is 0 Å². The molecule has 2 unspecified atom stereocenters. The maximum Gasteiger partial charge on any atom is 0.0223 e. The molecule has 106 valence electrons. The summed E-state index contributed by atoms with van der Waals surface area (Å²) < 4.78 is 0. The normalized spacial score (nSPS) is 27.7. The van der Waals surface area contributed by atoms with E-state index in [0.717, 1.165) is 18.1 Å². The molecule has 2 atom stereocenters. The molecular formula is C15H31N3. The molecule has 0 aromatic rings. The number of likely N-dealkylation sites (tertiary alicyclic amines) is 1. The molecule has 0 aromatic heterocycles. The number of nitrogens with zero attached hydrogens (tertiary/aromatic N) is 2. The van der Waals surface area contributed by atoms with Gasteiger partial charge in [0, 0.05) is 31.2 Å². The first-order valence-electron chi connectivity index (χ1n) is 7.84. The Labute approximate surface area is 113 Å². The molecular weight excluding hydrogens is 222 g/mol. The summed E-state index contributed by atoms with van der Waals surface area (Å²) in [5.74, 6) is 0. The average Bonchev–Trinajstić information content (AvgIpc) is 3.17. The van der Waals surface area contributed by atoms with Gasteiger partial charge < -0.3 is 10.2 Å². The van der Waals surface area contributed by atoms with Crippen LogP contribution in [0.3, 0.4) is 0 Å². The van der Waals surface area contributed by atoms with Gasteiger partial charge in [0.15, 0.2) is 0 Å². The van der Waals surface area contributed by atoms with Crippen LogP contribution in [0, 0.1) is 0 Å². The van der Waals surface area contributed by atoms with Crippen molar-refractivity contribution in [2.75, 3.05) is 33.7 Å². The summed E-state index contributed by atoms with van der Waals surface area (Å²) >= 11 is 0. The lowest BCUT2D eigenvalue weighted by Gasteiger charge is -2.40. The van der Waals surface area contributed by atoms with Crippen LogP contribution < -0.4 is 5.32 Å². The first-order valence-corrected chi connectivity index (χ1v) is 7.84. The summed E-state index contributed by atoms with van der Waals surface area (Å²) in [6.07, 6.45) is 8.16. The van der Waals surface area contributed by atoms with Crippen molar-refractivity contribution >= 4 is 0 Å². The van der Waals surface area contributed by atoms with E-state index in [9.17, 15) is 0 Å². The van der Waals surface area contributed by atoms with E-state index >= 15 is 0 Å². The van der Waals surface area contributed by atoms with Crippen molar-refractivity contribution in [2.45, 2.75) is 63.6 Å². The molecule has 3 nitrogen and oxygen atoms in total. The molecule has 0 aromatic carbocycles. The Bertz CT molecular complexity index is 240. The smallest absolute Gasteiger partial charge is 0.0223 e. The van der Waals surface area contributed by atoms with Gasteiger partial charge in [-0.3, -0.25) is 4.90 Å². The molecule has 0 spiro atoms. The minimum atomic E-state index is 0.729. The third kappa shape index (κ3) is 4.22. The third-order valence-electron chi connectivity index (χ3n) is 4.59. The molecule has 0 amide bonds. The first kappa shape index (κ1) is 14.3. The molecule has 1 heterocycles. The van der Waals surface area contributed by atoms with Gasteiger partial charge in [0.25, 0.3) is 0 Å². The van der Waals surface area contributed by atoms with E-state index in [1.807, 2.05) is 0 Å². The van der Waals surface area contributed by atoms with Crippen molar-refractivity contribution in [1.82, 2.24) is 15.1 Å². The molecule has 3 heteroatoms. The van der Waals surface area contributed by atoms with Crippen molar-refractivity contribution in [3.63, 3.8) is 0 Å². The third-order valence-corrected chi connectivity index (χ3v) is 4.59. The van der Waals surface area contributed by atoms with Crippen LogP contribution in [0.4, 0.5) is 0 Å². The van der Waals surface area contributed by atoms with Gasteiger partial charge >= 0.3 is 0 Å². The minimum absolute atomic E-state index is 0.729. The van der Waals surface area contributed by atoms with E-state index in [2.05, 4.69) is 36.1 Å². The summed E-state index contributed by atoms with van der Waals surface area (Å²) in [6, 6.07) is 2.33. The summed E-state index contributed by atoms with van der Waals surface area (Å²) in [5, 5.41) is 3.72. The van der Waals surface area contributed by atoms with Crippen molar-refractivity contribution < 1.29 is 0 Å². The van der Waals surface area contributed by atoms with Gasteiger partial charge in [-0.05, 0) is 52.7 Å². The van der Waals surface area contributed by atoms with Crippen LogP contribution in [0.15, 0.2) is 0 Å². The quantitative estimate of drug-likeness (QED) is 0.748. The Kier molecular flexibility index (Phi) is 5.46. The second-order valence-corrected chi connectivity index (χ2v) is 6.35. The molecule has 18 heavy (non-hydrogen) atoms. The Morgan fingerprint density at radius 2 is 2.11 bits per heavy atom. The van der Waals surface area contributed by atoms with Crippen LogP contribution in [0.1, 0.15) is 45.4 Å². The zero-order valence-corrected chi connectivity index (χ0v) is 12.5. The molecule has 1 aliphatic heterocycles. The number of hydrogen-bond donors (Lipinski definition) is 1. The zero-order valence-electron chi connectivity index (χ0n) is 12.5. The molecule has 2 fully saturated rings. The number of hydrogen-bond acceptors (Lipinski definition) is 3. The van der Waals surface area contributed by atoms with Gasteiger partial charge in [-0.25, -0.2) is 0 Å². The Morgan fingerprint density at radius 1 is 1.33 bits per heavy atom. The molecule has 1 N–H and O–H groups in total. The van der Waals surface area contributed by atoms with Gasteiger partial charge in [-0.2, -0.15) is 0 Å². The lowest BCUT2D eigenvalue weighted by Crippen LogP contribution is -2.51. The molecule has 1 aliphatic carbocycles. The number of piperidine rings is 1. The van der Waals surface area contributed by atoms with Crippen molar-refractivity contribution in [3.8, 4) is 0 Å². The largest absolute Gasteiger partial charge is 0.312 e. The molecule has 1 saturated carbocycles. The number of rotatable bonds is 7. The topological polar surface area (TPSA) is 18.5 Å². The van der Waals surface area contributed by atoms with E-state index in [-0.39, 0.29) is 0 Å². The van der Waals surface area contributed by atoms with Gasteiger partial charge in [-0.15, -0.1) is 0 Å². The van der Waals surface area contributed by atoms with E-state index in [1.165, 1.54) is 58.2 Å². The SMILES string of the molecule is CCCC(CNC1CC1)N(C)C1CCCN(C)C1. The van der Waals surface area contributed by atoms with Crippen LogP contribution in [-0.2, 0) is 0 Å². The molecule has 1 saturated heterocycles. The molecule has 2 aliphatic rings. The predicted molar refractivity (Wildman–Crippen MR) is 78.0 cm³/mol. The van der Waals surface area contributed by atoms with Gasteiger partial charge in [0.1, 0.15) is 0 Å². The summed E-state index contributed by atoms with van der Waals surface area (Å²) in [6.45, 7) is 6.03.